The lowest BCUT2D eigenvalue weighted by Gasteiger charge is -2.14. The van der Waals surface area contributed by atoms with E-state index in [1.165, 1.54) is 6.07 Å². The minimum Gasteiger partial charge on any atom is -0.322 e. The summed E-state index contributed by atoms with van der Waals surface area (Å²) in [5.41, 5.74) is 0.916. The third-order valence-corrected chi connectivity index (χ3v) is 3.02. The summed E-state index contributed by atoms with van der Waals surface area (Å²) in [4.78, 5) is 12.0. The Morgan fingerprint density at radius 1 is 1.00 bits per heavy atom. The highest BCUT2D eigenvalue weighted by Gasteiger charge is 2.18. The van der Waals surface area contributed by atoms with Crippen LogP contribution in [0.4, 0.5) is 14.5 Å². The van der Waals surface area contributed by atoms with Crippen LogP contribution in [0.1, 0.15) is 35.7 Å². The molecule has 0 aromatic heterocycles. The van der Waals surface area contributed by atoms with Gasteiger partial charge in [0, 0.05) is 5.69 Å². The van der Waals surface area contributed by atoms with Crippen LogP contribution in [-0.2, 0) is 0 Å². The molecule has 0 atom stereocenters. The van der Waals surface area contributed by atoms with E-state index >= 15 is 0 Å². The zero-order chi connectivity index (χ0) is 14.7. The summed E-state index contributed by atoms with van der Waals surface area (Å²) >= 11 is 0. The highest BCUT2D eigenvalue weighted by atomic mass is 19.1. The zero-order valence-electron chi connectivity index (χ0n) is 11.3. The normalized spacial score (nSPS) is 10.7. The molecule has 4 heteroatoms. The van der Waals surface area contributed by atoms with Crippen LogP contribution in [0.25, 0.3) is 0 Å². The van der Waals surface area contributed by atoms with Gasteiger partial charge in [-0.15, -0.1) is 0 Å². The Bertz CT molecular complexity index is 618. The van der Waals surface area contributed by atoms with Gasteiger partial charge in [0.1, 0.15) is 17.2 Å². The largest absolute Gasteiger partial charge is 0.322 e. The molecule has 1 N–H and O–H groups in total. The van der Waals surface area contributed by atoms with E-state index < -0.39 is 23.1 Å². The molecule has 0 spiro atoms. The highest BCUT2D eigenvalue weighted by molar-refractivity contribution is 6.05. The summed E-state index contributed by atoms with van der Waals surface area (Å²) in [6, 6.07) is 10.6. The van der Waals surface area contributed by atoms with Crippen molar-refractivity contribution in [3.05, 3.63) is 65.2 Å². The van der Waals surface area contributed by atoms with Crippen LogP contribution in [-0.4, -0.2) is 5.91 Å². The van der Waals surface area contributed by atoms with Gasteiger partial charge in [-0.1, -0.05) is 38.1 Å². The first-order valence-corrected chi connectivity index (χ1v) is 6.35. The van der Waals surface area contributed by atoms with Gasteiger partial charge in [-0.05, 0) is 29.7 Å². The van der Waals surface area contributed by atoms with Gasteiger partial charge in [0.15, 0.2) is 0 Å². The first kappa shape index (κ1) is 14.2. The minimum atomic E-state index is -0.871. The second-order valence-electron chi connectivity index (χ2n) is 4.79. The quantitative estimate of drug-likeness (QED) is 0.887. The Morgan fingerprint density at radius 3 is 2.20 bits per heavy atom. The summed E-state index contributed by atoms with van der Waals surface area (Å²) in [7, 11) is 0. The van der Waals surface area contributed by atoms with Crippen molar-refractivity contribution >= 4 is 11.6 Å². The molecule has 20 heavy (non-hydrogen) atoms. The van der Waals surface area contributed by atoms with Crippen LogP contribution in [0.3, 0.4) is 0 Å². The Kier molecular flexibility index (Phi) is 4.13. The topological polar surface area (TPSA) is 29.1 Å². The second-order valence-corrected chi connectivity index (χ2v) is 4.79. The third kappa shape index (κ3) is 2.85. The molecule has 0 unspecified atom stereocenters. The van der Waals surface area contributed by atoms with Gasteiger partial charge >= 0.3 is 0 Å². The fraction of sp³-hybridized carbons (Fsp3) is 0.188. The van der Waals surface area contributed by atoms with E-state index in [2.05, 4.69) is 5.32 Å². The number of hydrogen-bond donors (Lipinski definition) is 1. The van der Waals surface area contributed by atoms with E-state index in [0.717, 1.165) is 17.7 Å². The molecule has 0 bridgehead atoms. The number of benzene rings is 2. The lowest BCUT2D eigenvalue weighted by molar-refractivity contribution is 0.101. The van der Waals surface area contributed by atoms with Crippen LogP contribution >= 0.6 is 0 Å². The molecule has 0 aliphatic rings. The Morgan fingerprint density at radius 2 is 1.60 bits per heavy atom. The van der Waals surface area contributed by atoms with Crippen molar-refractivity contribution in [2.75, 3.05) is 5.32 Å². The maximum atomic E-state index is 13.6. The molecular weight excluding hydrogens is 260 g/mol. The summed E-state index contributed by atoms with van der Waals surface area (Å²) < 4.78 is 27.1. The SMILES string of the molecule is CC(C)c1ccccc1NC(=O)c1c(F)cccc1F. The maximum Gasteiger partial charge on any atom is 0.261 e. The molecule has 104 valence electrons. The number of rotatable bonds is 3. The van der Waals surface area contributed by atoms with Crippen molar-refractivity contribution in [3.63, 3.8) is 0 Å². The molecule has 0 aliphatic carbocycles. The number of carbonyl (C=O) groups excluding carboxylic acids is 1. The molecule has 0 aliphatic heterocycles. The minimum absolute atomic E-state index is 0.192. The summed E-state index contributed by atoms with van der Waals surface area (Å²) in [5.74, 6) is -2.33. The number of hydrogen-bond acceptors (Lipinski definition) is 1. The Labute approximate surface area is 116 Å². The number of para-hydroxylation sites is 1. The van der Waals surface area contributed by atoms with E-state index in [9.17, 15) is 13.6 Å². The lowest BCUT2D eigenvalue weighted by Crippen LogP contribution is -2.17. The van der Waals surface area contributed by atoms with Gasteiger partial charge in [-0.25, -0.2) is 8.78 Å². The number of halogens is 2. The predicted molar refractivity (Wildman–Crippen MR) is 74.8 cm³/mol. The third-order valence-electron chi connectivity index (χ3n) is 3.02. The Balaban J connectivity index is 2.33. The average Bonchev–Trinajstić information content (AvgIpc) is 2.38. The van der Waals surface area contributed by atoms with Crippen LogP contribution in [0, 0.1) is 11.6 Å². The van der Waals surface area contributed by atoms with Crippen molar-refractivity contribution in [2.24, 2.45) is 0 Å². The highest BCUT2D eigenvalue weighted by Crippen LogP contribution is 2.24. The molecule has 0 radical (unpaired) electrons. The van der Waals surface area contributed by atoms with E-state index in [-0.39, 0.29) is 5.92 Å². The number of carbonyl (C=O) groups is 1. The number of anilines is 1. The van der Waals surface area contributed by atoms with Gasteiger partial charge in [0.2, 0.25) is 0 Å². The lowest BCUT2D eigenvalue weighted by atomic mass is 10.0. The second kappa shape index (κ2) is 5.82. The smallest absolute Gasteiger partial charge is 0.261 e. The molecular formula is C16H15F2NO. The molecule has 0 saturated carbocycles. The molecule has 2 aromatic carbocycles. The fourth-order valence-electron chi connectivity index (χ4n) is 2.01. The van der Waals surface area contributed by atoms with Crippen molar-refractivity contribution < 1.29 is 13.6 Å². The molecule has 2 nitrogen and oxygen atoms in total. The zero-order valence-corrected chi connectivity index (χ0v) is 11.3. The fourth-order valence-corrected chi connectivity index (χ4v) is 2.01. The van der Waals surface area contributed by atoms with E-state index in [1.54, 1.807) is 12.1 Å². The average molecular weight is 275 g/mol. The summed E-state index contributed by atoms with van der Waals surface area (Å²) in [6.07, 6.45) is 0. The predicted octanol–water partition coefficient (Wildman–Crippen LogP) is 4.34. The van der Waals surface area contributed by atoms with Gasteiger partial charge in [0.25, 0.3) is 5.91 Å². The number of amides is 1. The van der Waals surface area contributed by atoms with Crippen LogP contribution in [0.5, 0.6) is 0 Å². The van der Waals surface area contributed by atoms with Crippen molar-refractivity contribution in [3.8, 4) is 0 Å². The molecule has 1 amide bonds. The molecule has 2 aromatic rings. The monoisotopic (exact) mass is 275 g/mol. The Hall–Kier alpha value is -2.23. The first-order chi connectivity index (χ1) is 9.50. The molecule has 0 saturated heterocycles. The van der Waals surface area contributed by atoms with Gasteiger partial charge in [-0.2, -0.15) is 0 Å². The molecule has 2 rings (SSSR count). The van der Waals surface area contributed by atoms with Gasteiger partial charge in [0.05, 0.1) is 0 Å². The summed E-state index contributed by atoms with van der Waals surface area (Å²) in [6.45, 7) is 3.96. The molecule has 0 fully saturated rings. The van der Waals surface area contributed by atoms with E-state index in [0.29, 0.717) is 5.69 Å². The van der Waals surface area contributed by atoms with E-state index in [1.807, 2.05) is 26.0 Å². The summed E-state index contributed by atoms with van der Waals surface area (Å²) in [5, 5.41) is 2.57. The van der Waals surface area contributed by atoms with Crippen molar-refractivity contribution in [2.45, 2.75) is 19.8 Å². The van der Waals surface area contributed by atoms with Crippen molar-refractivity contribution in [1.82, 2.24) is 0 Å². The van der Waals surface area contributed by atoms with Crippen LogP contribution in [0.15, 0.2) is 42.5 Å². The number of nitrogens with one attached hydrogen (secondary N) is 1. The van der Waals surface area contributed by atoms with Gasteiger partial charge < -0.3 is 5.32 Å². The maximum absolute atomic E-state index is 13.6. The van der Waals surface area contributed by atoms with Crippen LogP contribution in [0.2, 0.25) is 0 Å². The van der Waals surface area contributed by atoms with Gasteiger partial charge in [-0.3, -0.25) is 4.79 Å². The first-order valence-electron chi connectivity index (χ1n) is 6.35. The van der Waals surface area contributed by atoms with Crippen LogP contribution < -0.4 is 5.32 Å². The molecule has 0 heterocycles. The van der Waals surface area contributed by atoms with E-state index in [4.69, 9.17) is 0 Å². The standard InChI is InChI=1S/C16H15F2NO/c1-10(2)11-6-3-4-9-14(11)19-16(20)15-12(17)7-5-8-13(15)18/h3-10H,1-2H3,(H,19,20). The van der Waals surface area contributed by atoms with Crippen molar-refractivity contribution in [1.29, 1.82) is 0 Å².